The normalized spacial score (nSPS) is 10.2. The predicted molar refractivity (Wildman–Crippen MR) is 47.0 cm³/mol. The lowest BCUT2D eigenvalue weighted by Gasteiger charge is -2.34. The number of hydrogen-bond donors (Lipinski definition) is 0. The Balaban J connectivity index is 0. The van der Waals surface area contributed by atoms with Gasteiger partial charge in [0, 0.05) is 0 Å². The summed E-state index contributed by atoms with van der Waals surface area (Å²) in [6.07, 6.45) is 0.690. The number of quaternary nitrogens is 1. The van der Waals surface area contributed by atoms with Gasteiger partial charge in [0.1, 0.15) is 0 Å². The molecule has 0 aromatic carbocycles. The van der Waals surface area contributed by atoms with Crippen LogP contribution in [0.4, 0.5) is 0 Å². The van der Waals surface area contributed by atoms with Crippen molar-refractivity contribution >= 4 is 0 Å². The fraction of sp³-hybridized carbons (Fsp3) is 0.889. The lowest BCUT2D eigenvalue weighted by atomic mass is 10.3. The molecule has 12 heavy (non-hydrogen) atoms. The monoisotopic (exact) mass is 234 g/mol. The van der Waals surface area contributed by atoms with Gasteiger partial charge in [0.15, 0.2) is 0 Å². The van der Waals surface area contributed by atoms with Crippen LogP contribution >= 0.6 is 0 Å². The third-order valence-corrected chi connectivity index (χ3v) is 2.71. The standard InChI is InChI=1S/C9H19N2.BrH/c1-4-11(5-2,6-3)9-7-8-10;/h4-7,9H2,1-3H3;1H/q+1;/p-1. The first-order valence-corrected chi connectivity index (χ1v) is 4.46. The quantitative estimate of drug-likeness (QED) is 0.548. The Hall–Kier alpha value is -0.0700. The van der Waals surface area contributed by atoms with E-state index in [1.165, 1.54) is 0 Å². The minimum absolute atomic E-state index is 0. The summed E-state index contributed by atoms with van der Waals surface area (Å²) in [6, 6.07) is 2.21. The minimum atomic E-state index is 0. The van der Waals surface area contributed by atoms with Gasteiger partial charge in [-0.15, -0.1) is 0 Å². The van der Waals surface area contributed by atoms with Gasteiger partial charge >= 0.3 is 0 Å². The van der Waals surface area contributed by atoms with E-state index < -0.39 is 0 Å². The molecule has 0 bridgehead atoms. The van der Waals surface area contributed by atoms with Crippen LogP contribution in [-0.2, 0) is 0 Å². The lowest BCUT2D eigenvalue weighted by Crippen LogP contribution is -3.00. The average molecular weight is 235 g/mol. The van der Waals surface area contributed by atoms with Gasteiger partial charge in [0.05, 0.1) is 38.7 Å². The second-order valence-corrected chi connectivity index (χ2v) is 2.92. The summed E-state index contributed by atoms with van der Waals surface area (Å²) < 4.78 is 1.09. The second kappa shape index (κ2) is 7.57. The Morgan fingerprint density at radius 1 is 1.08 bits per heavy atom. The molecule has 2 nitrogen and oxygen atoms in total. The van der Waals surface area contributed by atoms with Crippen molar-refractivity contribution in [2.45, 2.75) is 27.2 Å². The molecule has 0 saturated heterocycles. The van der Waals surface area contributed by atoms with Crippen molar-refractivity contribution in [1.29, 1.82) is 5.26 Å². The van der Waals surface area contributed by atoms with Crippen molar-refractivity contribution < 1.29 is 21.5 Å². The van der Waals surface area contributed by atoms with Crippen LogP contribution in [0.2, 0.25) is 0 Å². The van der Waals surface area contributed by atoms with Crippen molar-refractivity contribution in [2.24, 2.45) is 0 Å². The van der Waals surface area contributed by atoms with Crippen molar-refractivity contribution in [1.82, 2.24) is 0 Å². The maximum Gasteiger partial charge on any atom is 0.0918 e. The van der Waals surface area contributed by atoms with E-state index in [0.29, 0.717) is 6.42 Å². The molecule has 0 radical (unpaired) electrons. The van der Waals surface area contributed by atoms with E-state index >= 15 is 0 Å². The number of rotatable bonds is 5. The van der Waals surface area contributed by atoms with Crippen LogP contribution in [0.15, 0.2) is 0 Å². The molecule has 72 valence electrons. The summed E-state index contributed by atoms with van der Waals surface area (Å²) in [5.41, 5.74) is 0. The van der Waals surface area contributed by atoms with E-state index in [2.05, 4.69) is 26.8 Å². The molecule has 0 amide bonds. The molecule has 0 unspecified atom stereocenters. The van der Waals surface area contributed by atoms with Crippen LogP contribution < -0.4 is 17.0 Å². The molecule has 0 spiro atoms. The molecular weight excluding hydrogens is 216 g/mol. The van der Waals surface area contributed by atoms with Gasteiger partial charge in [0.2, 0.25) is 0 Å². The van der Waals surface area contributed by atoms with Gasteiger partial charge in [-0.1, -0.05) is 0 Å². The molecule has 0 aromatic rings. The highest BCUT2D eigenvalue weighted by molar-refractivity contribution is 4.67. The highest BCUT2D eigenvalue weighted by atomic mass is 79.9. The zero-order chi connectivity index (χ0) is 8.74. The zero-order valence-corrected chi connectivity index (χ0v) is 9.89. The van der Waals surface area contributed by atoms with Crippen LogP contribution in [-0.4, -0.2) is 30.7 Å². The maximum absolute atomic E-state index is 8.46. The summed E-state index contributed by atoms with van der Waals surface area (Å²) in [5.74, 6) is 0. The fourth-order valence-electron chi connectivity index (χ4n) is 1.43. The first-order chi connectivity index (χ1) is 5.24. The molecule has 3 heteroatoms. The minimum Gasteiger partial charge on any atom is -1.00 e. The van der Waals surface area contributed by atoms with E-state index in [9.17, 15) is 0 Å². The molecule has 0 N–H and O–H groups in total. The van der Waals surface area contributed by atoms with Crippen LogP contribution in [0.3, 0.4) is 0 Å². The summed E-state index contributed by atoms with van der Waals surface area (Å²) >= 11 is 0. The Kier molecular flexibility index (Phi) is 9.12. The van der Waals surface area contributed by atoms with Crippen LogP contribution in [0, 0.1) is 11.3 Å². The maximum atomic E-state index is 8.46. The number of hydrogen-bond acceptors (Lipinski definition) is 1. The average Bonchev–Trinajstić information content (AvgIpc) is 2.08. The summed E-state index contributed by atoms with van der Waals surface area (Å²) in [5, 5.41) is 8.46. The molecule has 0 aliphatic carbocycles. The van der Waals surface area contributed by atoms with Crippen molar-refractivity contribution in [3.8, 4) is 6.07 Å². The topological polar surface area (TPSA) is 23.8 Å². The molecule has 0 aliphatic heterocycles. The van der Waals surface area contributed by atoms with Crippen LogP contribution in [0.25, 0.3) is 0 Å². The van der Waals surface area contributed by atoms with Gasteiger partial charge in [-0.05, 0) is 20.8 Å². The molecule has 0 saturated carbocycles. The first-order valence-electron chi connectivity index (χ1n) is 4.46. The molecule has 0 rings (SSSR count). The van der Waals surface area contributed by atoms with Crippen molar-refractivity contribution in [2.75, 3.05) is 26.2 Å². The highest BCUT2D eigenvalue weighted by Gasteiger charge is 2.19. The summed E-state index contributed by atoms with van der Waals surface area (Å²) in [6.45, 7) is 11.1. The van der Waals surface area contributed by atoms with Crippen LogP contribution in [0.1, 0.15) is 27.2 Å². The first kappa shape index (κ1) is 14.5. The highest BCUT2D eigenvalue weighted by Crippen LogP contribution is 2.06. The summed E-state index contributed by atoms with van der Waals surface area (Å²) in [7, 11) is 0. The van der Waals surface area contributed by atoms with Gasteiger partial charge in [-0.25, -0.2) is 0 Å². The molecule has 0 aromatic heterocycles. The Morgan fingerprint density at radius 3 is 1.75 bits per heavy atom. The van der Waals surface area contributed by atoms with Gasteiger partial charge in [-0.2, -0.15) is 5.26 Å². The van der Waals surface area contributed by atoms with E-state index in [1.807, 2.05) is 0 Å². The second-order valence-electron chi connectivity index (χ2n) is 2.92. The van der Waals surface area contributed by atoms with Gasteiger partial charge in [0.25, 0.3) is 0 Å². The fourth-order valence-corrected chi connectivity index (χ4v) is 1.43. The SMILES string of the molecule is CC[N+](CC)(CC)CCC#N.[Br-]. The largest absolute Gasteiger partial charge is 1.00 e. The van der Waals surface area contributed by atoms with E-state index in [1.54, 1.807) is 0 Å². The van der Waals surface area contributed by atoms with Crippen molar-refractivity contribution in [3.05, 3.63) is 0 Å². The molecular formula is C9H19BrN2. The van der Waals surface area contributed by atoms with E-state index in [0.717, 1.165) is 30.7 Å². The molecule has 0 atom stereocenters. The number of halogens is 1. The Bertz CT molecular complexity index is 128. The smallest absolute Gasteiger partial charge is 0.0918 e. The lowest BCUT2D eigenvalue weighted by molar-refractivity contribution is -0.922. The predicted octanol–water partition coefficient (Wildman–Crippen LogP) is -1.22. The zero-order valence-electron chi connectivity index (χ0n) is 8.31. The number of nitrogens with zero attached hydrogens (tertiary/aromatic N) is 2. The third kappa shape index (κ3) is 4.08. The van der Waals surface area contributed by atoms with Crippen LogP contribution in [0.5, 0.6) is 0 Å². The van der Waals surface area contributed by atoms with E-state index in [4.69, 9.17) is 5.26 Å². The van der Waals surface area contributed by atoms with Gasteiger partial charge < -0.3 is 21.5 Å². The third-order valence-electron chi connectivity index (χ3n) is 2.71. The summed E-state index contributed by atoms with van der Waals surface area (Å²) in [4.78, 5) is 0. The number of nitriles is 1. The Morgan fingerprint density at radius 2 is 1.50 bits per heavy atom. The van der Waals surface area contributed by atoms with Gasteiger partial charge in [-0.3, -0.25) is 0 Å². The Labute approximate surface area is 86.5 Å². The molecule has 0 aliphatic rings. The molecule has 0 heterocycles. The molecule has 0 fully saturated rings. The van der Waals surface area contributed by atoms with E-state index in [-0.39, 0.29) is 17.0 Å². The van der Waals surface area contributed by atoms with Crippen molar-refractivity contribution in [3.63, 3.8) is 0 Å².